The van der Waals surface area contributed by atoms with Gasteiger partial charge in [-0.25, -0.2) is 0 Å². The molecule has 0 amide bonds. The van der Waals surface area contributed by atoms with Gasteiger partial charge in [-0.05, 0) is 26.3 Å². The summed E-state index contributed by atoms with van der Waals surface area (Å²) < 4.78 is 0. The number of nitrogens with zero attached hydrogens (tertiary/aromatic N) is 2. The summed E-state index contributed by atoms with van der Waals surface area (Å²) in [5.41, 5.74) is 0. The maximum Gasteiger partial charge on any atom is 0.320 e. The molecule has 1 saturated heterocycles. The van der Waals surface area contributed by atoms with E-state index < -0.39 is 5.97 Å². The van der Waals surface area contributed by atoms with E-state index in [0.29, 0.717) is 0 Å². The zero-order chi connectivity index (χ0) is 12.0. The van der Waals surface area contributed by atoms with E-state index in [9.17, 15) is 4.79 Å². The van der Waals surface area contributed by atoms with Crippen LogP contribution >= 0.6 is 0 Å². The van der Waals surface area contributed by atoms with Crippen LogP contribution in [-0.4, -0.2) is 71.4 Å². The van der Waals surface area contributed by atoms with Crippen molar-refractivity contribution in [2.45, 2.75) is 25.8 Å². The molecule has 1 aliphatic rings. The fourth-order valence-electron chi connectivity index (χ4n) is 1.98. The maximum atomic E-state index is 10.8. The lowest BCUT2D eigenvalue weighted by Gasteiger charge is -2.36. The van der Waals surface area contributed by atoms with Crippen molar-refractivity contribution in [1.29, 1.82) is 0 Å². The Labute approximate surface area is 96.7 Å². The Hall–Kier alpha value is -0.650. The first kappa shape index (κ1) is 13.4. The largest absolute Gasteiger partial charge is 0.480 e. The average molecular weight is 230 g/mol. The highest BCUT2D eigenvalue weighted by Gasteiger charge is 2.24. The molecule has 1 rings (SSSR count). The molecule has 0 bridgehead atoms. The topological polar surface area (TPSA) is 64.0 Å². The number of aliphatic carboxylic acids is 1. The summed E-state index contributed by atoms with van der Waals surface area (Å²) in [6.07, 6.45) is 1.87. The van der Waals surface area contributed by atoms with E-state index >= 15 is 0 Å². The van der Waals surface area contributed by atoms with Crippen molar-refractivity contribution in [3.05, 3.63) is 0 Å². The molecule has 0 aromatic carbocycles. The van der Waals surface area contributed by atoms with Crippen LogP contribution in [0.15, 0.2) is 0 Å². The minimum absolute atomic E-state index is 0.260. The van der Waals surface area contributed by atoms with Gasteiger partial charge >= 0.3 is 5.97 Å². The number of rotatable bonds is 6. The van der Waals surface area contributed by atoms with E-state index in [-0.39, 0.29) is 12.6 Å². The van der Waals surface area contributed by atoms with Crippen LogP contribution in [0, 0.1) is 0 Å². The van der Waals surface area contributed by atoms with Crippen molar-refractivity contribution < 1.29 is 15.0 Å². The summed E-state index contributed by atoms with van der Waals surface area (Å²) in [5.74, 6) is -0.742. The van der Waals surface area contributed by atoms with Crippen molar-refractivity contribution >= 4 is 5.97 Å². The van der Waals surface area contributed by atoms with Gasteiger partial charge in [-0.15, -0.1) is 0 Å². The van der Waals surface area contributed by atoms with Gasteiger partial charge in [0.2, 0.25) is 0 Å². The lowest BCUT2D eigenvalue weighted by molar-refractivity contribution is -0.143. The fourth-order valence-corrected chi connectivity index (χ4v) is 1.98. The Morgan fingerprint density at radius 1 is 1.25 bits per heavy atom. The van der Waals surface area contributed by atoms with Gasteiger partial charge in [-0.2, -0.15) is 0 Å². The van der Waals surface area contributed by atoms with Crippen LogP contribution in [0.4, 0.5) is 0 Å². The Kier molecular flexibility index (Phi) is 5.73. The average Bonchev–Trinajstić information content (AvgIpc) is 2.29. The van der Waals surface area contributed by atoms with Gasteiger partial charge in [-0.1, -0.05) is 0 Å². The highest BCUT2D eigenvalue weighted by Crippen LogP contribution is 2.07. The van der Waals surface area contributed by atoms with Crippen LogP contribution < -0.4 is 0 Å². The predicted octanol–water partition coefficient (Wildman–Crippen LogP) is -0.150. The number of unbranched alkanes of at least 4 members (excludes halogenated alkanes) is 1. The van der Waals surface area contributed by atoms with E-state index in [1.165, 1.54) is 0 Å². The van der Waals surface area contributed by atoms with Crippen LogP contribution in [-0.2, 0) is 4.79 Å². The van der Waals surface area contributed by atoms with Gasteiger partial charge in [0.1, 0.15) is 6.04 Å². The van der Waals surface area contributed by atoms with E-state index in [1.807, 2.05) is 4.90 Å². The second-order valence-corrected chi connectivity index (χ2v) is 4.32. The second-order valence-electron chi connectivity index (χ2n) is 4.32. The summed E-state index contributed by atoms with van der Waals surface area (Å²) in [7, 11) is 0. The zero-order valence-corrected chi connectivity index (χ0v) is 9.93. The van der Waals surface area contributed by atoms with Gasteiger partial charge in [-0.3, -0.25) is 9.69 Å². The molecule has 1 fully saturated rings. The summed E-state index contributed by atoms with van der Waals surface area (Å²) in [6, 6.07) is -0.375. The molecule has 0 spiro atoms. The predicted molar refractivity (Wildman–Crippen MR) is 61.4 cm³/mol. The van der Waals surface area contributed by atoms with Gasteiger partial charge < -0.3 is 15.1 Å². The van der Waals surface area contributed by atoms with Crippen LogP contribution in [0.25, 0.3) is 0 Å². The minimum Gasteiger partial charge on any atom is -0.480 e. The van der Waals surface area contributed by atoms with Crippen LogP contribution in [0.3, 0.4) is 0 Å². The van der Waals surface area contributed by atoms with Crippen LogP contribution in [0.2, 0.25) is 0 Å². The maximum absolute atomic E-state index is 10.8. The molecule has 2 N–H and O–H groups in total. The molecule has 5 nitrogen and oxygen atoms in total. The summed E-state index contributed by atoms with van der Waals surface area (Å²) >= 11 is 0. The Morgan fingerprint density at radius 2 is 1.88 bits per heavy atom. The van der Waals surface area contributed by atoms with Gasteiger partial charge in [0.25, 0.3) is 0 Å². The first-order valence-corrected chi connectivity index (χ1v) is 5.95. The standard InChI is InChI=1S/C11H22N2O3/c1-10(11(15)16)13-7-5-12(6-8-13)4-2-3-9-14/h10,14H,2-9H2,1H3,(H,15,16). The number of aliphatic hydroxyl groups excluding tert-OH is 1. The van der Waals surface area contributed by atoms with Crippen molar-refractivity contribution in [3.8, 4) is 0 Å². The number of hydrogen-bond donors (Lipinski definition) is 2. The molecule has 0 aliphatic carbocycles. The highest BCUT2D eigenvalue weighted by molar-refractivity contribution is 5.72. The molecule has 1 unspecified atom stereocenters. The third-order valence-electron chi connectivity index (χ3n) is 3.19. The number of carboxylic acids is 1. The van der Waals surface area contributed by atoms with Crippen molar-refractivity contribution in [1.82, 2.24) is 9.80 Å². The van der Waals surface area contributed by atoms with Crippen LogP contribution in [0.5, 0.6) is 0 Å². The second kappa shape index (κ2) is 6.83. The lowest BCUT2D eigenvalue weighted by Crippen LogP contribution is -2.51. The molecule has 0 radical (unpaired) electrons. The number of piperazine rings is 1. The molecule has 0 aromatic rings. The van der Waals surface area contributed by atoms with E-state index in [4.69, 9.17) is 10.2 Å². The molecular formula is C11H22N2O3. The number of aliphatic hydroxyl groups is 1. The smallest absolute Gasteiger partial charge is 0.320 e. The quantitative estimate of drug-likeness (QED) is 0.621. The highest BCUT2D eigenvalue weighted by atomic mass is 16.4. The fraction of sp³-hybridized carbons (Fsp3) is 0.909. The van der Waals surface area contributed by atoms with Crippen molar-refractivity contribution in [3.63, 3.8) is 0 Å². The SMILES string of the molecule is CC(C(=O)O)N1CCN(CCCCO)CC1. The number of hydrogen-bond acceptors (Lipinski definition) is 4. The Balaban J connectivity index is 2.20. The van der Waals surface area contributed by atoms with Gasteiger partial charge in [0.05, 0.1) is 0 Å². The first-order valence-electron chi connectivity index (χ1n) is 5.95. The first-order chi connectivity index (χ1) is 7.65. The number of carboxylic acid groups (broad SMARTS) is 1. The lowest BCUT2D eigenvalue weighted by atomic mass is 10.2. The third-order valence-corrected chi connectivity index (χ3v) is 3.19. The molecule has 1 heterocycles. The molecular weight excluding hydrogens is 208 g/mol. The van der Waals surface area contributed by atoms with Gasteiger partial charge in [0, 0.05) is 32.8 Å². The molecule has 0 saturated carbocycles. The molecule has 94 valence electrons. The third kappa shape index (κ3) is 4.08. The minimum atomic E-state index is -0.742. The summed E-state index contributed by atoms with van der Waals surface area (Å²) in [5, 5.41) is 17.6. The molecule has 1 atom stereocenters. The molecule has 5 heteroatoms. The molecule has 16 heavy (non-hydrogen) atoms. The van der Waals surface area contributed by atoms with E-state index in [2.05, 4.69) is 4.90 Å². The Morgan fingerprint density at radius 3 is 2.38 bits per heavy atom. The molecule has 0 aromatic heterocycles. The Bertz CT molecular complexity index is 215. The normalized spacial score (nSPS) is 20.9. The summed E-state index contributed by atoms with van der Waals surface area (Å²) in [6.45, 7) is 6.53. The number of carbonyl (C=O) groups is 1. The van der Waals surface area contributed by atoms with Crippen LogP contribution in [0.1, 0.15) is 19.8 Å². The zero-order valence-electron chi connectivity index (χ0n) is 9.93. The van der Waals surface area contributed by atoms with E-state index in [0.717, 1.165) is 45.6 Å². The summed E-state index contributed by atoms with van der Waals surface area (Å²) in [4.78, 5) is 15.1. The monoisotopic (exact) mass is 230 g/mol. The van der Waals surface area contributed by atoms with Gasteiger partial charge in [0.15, 0.2) is 0 Å². The van der Waals surface area contributed by atoms with Crippen molar-refractivity contribution in [2.75, 3.05) is 39.3 Å². The molecule has 1 aliphatic heterocycles. The van der Waals surface area contributed by atoms with E-state index in [1.54, 1.807) is 6.92 Å². The van der Waals surface area contributed by atoms with Crippen molar-refractivity contribution in [2.24, 2.45) is 0 Å².